The summed E-state index contributed by atoms with van der Waals surface area (Å²) in [6.45, 7) is 0.506. The molecule has 1 N–H and O–H groups in total. The van der Waals surface area contributed by atoms with Crippen LogP contribution < -0.4 is 5.32 Å². The first kappa shape index (κ1) is 14.9. The molecule has 7 nitrogen and oxygen atoms in total. The Balaban J connectivity index is 1.97. The lowest BCUT2D eigenvalue weighted by atomic mass is 10.1. The predicted molar refractivity (Wildman–Crippen MR) is 77.7 cm³/mol. The molecule has 1 aromatic carbocycles. The van der Waals surface area contributed by atoms with Crippen molar-refractivity contribution < 1.29 is 9.72 Å². The Morgan fingerprint density at radius 2 is 2.00 bits per heavy atom. The monoisotopic (exact) mass is 306 g/mol. The van der Waals surface area contributed by atoms with E-state index in [1.807, 2.05) is 0 Å². The summed E-state index contributed by atoms with van der Waals surface area (Å²) in [5.41, 5.74) is 1.20. The maximum absolute atomic E-state index is 10.9. The van der Waals surface area contributed by atoms with Gasteiger partial charge in [0.1, 0.15) is 17.3 Å². The fourth-order valence-corrected chi connectivity index (χ4v) is 1.91. The van der Waals surface area contributed by atoms with Gasteiger partial charge in [-0.25, -0.2) is 9.97 Å². The van der Waals surface area contributed by atoms with Crippen molar-refractivity contribution in [2.24, 2.45) is 0 Å². The molecule has 1 aromatic heterocycles. The highest BCUT2D eigenvalue weighted by Crippen LogP contribution is 2.17. The van der Waals surface area contributed by atoms with Gasteiger partial charge in [0, 0.05) is 18.7 Å². The lowest BCUT2D eigenvalue weighted by Gasteiger charge is -2.08. The topological polar surface area (TPSA) is 98.0 Å². The summed E-state index contributed by atoms with van der Waals surface area (Å²) in [7, 11) is 0. The van der Waals surface area contributed by atoms with Crippen LogP contribution in [0.3, 0.4) is 0 Å². The van der Waals surface area contributed by atoms with Crippen LogP contribution in [0.25, 0.3) is 0 Å². The number of nitrogens with one attached hydrogen (secondary N) is 1. The molecular weight excluding hydrogens is 296 g/mol. The number of hydrogen-bond donors (Lipinski definition) is 1. The second-order valence-electron chi connectivity index (χ2n) is 4.14. The molecule has 1 heterocycles. The fourth-order valence-electron chi connectivity index (χ4n) is 1.73. The first-order valence-corrected chi connectivity index (χ1v) is 6.42. The van der Waals surface area contributed by atoms with Crippen LogP contribution in [-0.4, -0.2) is 27.7 Å². The highest BCUT2D eigenvalue weighted by molar-refractivity contribution is 6.32. The van der Waals surface area contributed by atoms with E-state index < -0.39 is 4.92 Å². The third-order valence-electron chi connectivity index (χ3n) is 2.81. The molecule has 0 bridgehead atoms. The van der Waals surface area contributed by atoms with Gasteiger partial charge in [0.05, 0.1) is 10.5 Å². The van der Waals surface area contributed by atoms with Gasteiger partial charge in [-0.2, -0.15) is 0 Å². The molecule has 0 aliphatic carbocycles. The summed E-state index contributed by atoms with van der Waals surface area (Å²) in [6, 6.07) is 6.28. The molecule has 0 unspecified atom stereocenters. The van der Waals surface area contributed by atoms with E-state index in [1.54, 1.807) is 12.1 Å². The molecule has 108 valence electrons. The molecule has 0 saturated heterocycles. The van der Waals surface area contributed by atoms with Crippen molar-refractivity contribution >= 4 is 29.4 Å². The van der Waals surface area contributed by atoms with Crippen molar-refractivity contribution in [2.45, 2.75) is 6.42 Å². The molecule has 2 aromatic rings. The number of carbonyl (C=O) groups excluding carboxylic acids is 1. The van der Waals surface area contributed by atoms with Crippen LogP contribution in [0, 0.1) is 10.1 Å². The number of aldehydes is 1. The van der Waals surface area contributed by atoms with Crippen molar-refractivity contribution in [2.75, 3.05) is 11.9 Å². The van der Waals surface area contributed by atoms with Crippen LogP contribution in [0.4, 0.5) is 11.5 Å². The minimum absolute atomic E-state index is 0.0533. The van der Waals surface area contributed by atoms with Gasteiger partial charge in [-0.1, -0.05) is 23.7 Å². The molecule has 0 spiro atoms. The molecule has 2 rings (SSSR count). The lowest BCUT2D eigenvalue weighted by Crippen LogP contribution is -2.09. The summed E-state index contributed by atoms with van der Waals surface area (Å²) in [6.07, 6.45) is 2.48. The van der Waals surface area contributed by atoms with E-state index in [1.165, 1.54) is 18.5 Å². The highest BCUT2D eigenvalue weighted by Gasteiger charge is 2.08. The van der Waals surface area contributed by atoms with Gasteiger partial charge in [0.15, 0.2) is 6.29 Å². The van der Waals surface area contributed by atoms with E-state index in [0.717, 1.165) is 5.56 Å². The molecule has 0 aliphatic heterocycles. The highest BCUT2D eigenvalue weighted by atomic mass is 35.5. The number of anilines is 1. The fraction of sp³-hybridized carbons (Fsp3) is 0.154. The molecule has 0 fully saturated rings. The third kappa shape index (κ3) is 3.73. The summed E-state index contributed by atoms with van der Waals surface area (Å²) in [5.74, 6) is 0.368. The van der Waals surface area contributed by atoms with Crippen LogP contribution >= 0.6 is 11.6 Å². The summed E-state index contributed by atoms with van der Waals surface area (Å²) >= 11 is 5.79. The number of carbonyl (C=O) groups is 1. The van der Waals surface area contributed by atoms with Crippen LogP contribution in [0.15, 0.2) is 30.6 Å². The van der Waals surface area contributed by atoms with Gasteiger partial charge in [0.25, 0.3) is 5.69 Å². The zero-order valence-corrected chi connectivity index (χ0v) is 11.6. The maximum Gasteiger partial charge on any atom is 0.269 e. The Morgan fingerprint density at radius 3 is 2.62 bits per heavy atom. The van der Waals surface area contributed by atoms with Crippen LogP contribution in [0.1, 0.15) is 15.9 Å². The molecular formula is C13H11ClN4O3. The lowest BCUT2D eigenvalue weighted by molar-refractivity contribution is -0.384. The van der Waals surface area contributed by atoms with Crippen LogP contribution in [-0.2, 0) is 6.42 Å². The minimum atomic E-state index is -0.443. The number of nitrogens with zero attached hydrogens (tertiary/aromatic N) is 3. The number of nitro groups is 1. The maximum atomic E-state index is 10.9. The Morgan fingerprint density at radius 1 is 1.29 bits per heavy atom. The molecule has 0 aliphatic rings. The summed E-state index contributed by atoms with van der Waals surface area (Å²) < 4.78 is 0. The molecule has 21 heavy (non-hydrogen) atoms. The van der Waals surface area contributed by atoms with Gasteiger partial charge in [-0.3, -0.25) is 14.9 Å². The summed E-state index contributed by atoms with van der Waals surface area (Å²) in [5, 5.41) is 13.6. The Kier molecular flexibility index (Phi) is 4.78. The van der Waals surface area contributed by atoms with Crippen molar-refractivity contribution in [1.82, 2.24) is 9.97 Å². The Bertz CT molecular complexity index is 661. The smallest absolute Gasteiger partial charge is 0.269 e. The SMILES string of the molecule is O=Cc1c(Cl)ncnc1NCCc1ccc([N+](=O)[O-])cc1. The first-order valence-electron chi connectivity index (χ1n) is 6.04. The average Bonchev–Trinajstić information content (AvgIpc) is 2.48. The van der Waals surface area contributed by atoms with Gasteiger partial charge < -0.3 is 5.32 Å². The van der Waals surface area contributed by atoms with Crippen molar-refractivity contribution in [3.63, 3.8) is 0 Å². The first-order chi connectivity index (χ1) is 10.1. The van der Waals surface area contributed by atoms with E-state index in [9.17, 15) is 14.9 Å². The molecule has 0 radical (unpaired) electrons. The van der Waals surface area contributed by atoms with Crippen molar-refractivity contribution in [3.8, 4) is 0 Å². The quantitative estimate of drug-likeness (QED) is 0.381. The predicted octanol–water partition coefficient (Wildman–Crippen LogP) is 2.51. The van der Waals surface area contributed by atoms with Gasteiger partial charge >= 0.3 is 0 Å². The van der Waals surface area contributed by atoms with Gasteiger partial charge in [0.2, 0.25) is 0 Å². The van der Waals surface area contributed by atoms with Gasteiger partial charge in [-0.05, 0) is 12.0 Å². The standard InChI is InChI=1S/C13H11ClN4O3/c14-12-11(7-19)13(17-8-16-12)15-6-5-9-1-3-10(4-2-9)18(20)21/h1-4,7-8H,5-6H2,(H,15,16,17). The van der Waals surface area contributed by atoms with E-state index >= 15 is 0 Å². The van der Waals surface area contributed by atoms with Gasteiger partial charge in [-0.15, -0.1) is 0 Å². The van der Waals surface area contributed by atoms with E-state index in [2.05, 4.69) is 15.3 Å². The second-order valence-corrected chi connectivity index (χ2v) is 4.50. The normalized spacial score (nSPS) is 10.1. The van der Waals surface area contributed by atoms with E-state index in [4.69, 9.17) is 11.6 Å². The summed E-state index contributed by atoms with van der Waals surface area (Å²) in [4.78, 5) is 28.7. The zero-order chi connectivity index (χ0) is 15.2. The van der Waals surface area contributed by atoms with E-state index in [0.29, 0.717) is 25.1 Å². The molecule has 0 saturated carbocycles. The van der Waals surface area contributed by atoms with Crippen LogP contribution in [0.5, 0.6) is 0 Å². The molecule has 0 atom stereocenters. The average molecular weight is 307 g/mol. The number of halogens is 1. The number of nitro benzene ring substituents is 1. The number of rotatable bonds is 6. The zero-order valence-electron chi connectivity index (χ0n) is 10.8. The number of hydrogen-bond acceptors (Lipinski definition) is 6. The second kappa shape index (κ2) is 6.76. The van der Waals surface area contributed by atoms with Crippen molar-refractivity contribution in [3.05, 3.63) is 57.0 Å². The third-order valence-corrected chi connectivity index (χ3v) is 3.11. The largest absolute Gasteiger partial charge is 0.369 e. The molecule has 0 amide bonds. The molecule has 8 heteroatoms. The minimum Gasteiger partial charge on any atom is -0.369 e. The Labute approximate surface area is 125 Å². The number of non-ortho nitro benzene ring substituents is 1. The number of benzene rings is 1. The Hall–Kier alpha value is -2.54. The van der Waals surface area contributed by atoms with Crippen LogP contribution in [0.2, 0.25) is 5.15 Å². The van der Waals surface area contributed by atoms with E-state index in [-0.39, 0.29) is 16.4 Å². The number of aromatic nitrogens is 2. The van der Waals surface area contributed by atoms with Crippen molar-refractivity contribution in [1.29, 1.82) is 0 Å².